The zero-order valence-corrected chi connectivity index (χ0v) is 17.2. The molecule has 0 amide bonds. The van der Waals surface area contributed by atoms with Gasteiger partial charge in [0.1, 0.15) is 5.75 Å². The van der Waals surface area contributed by atoms with Crippen LogP contribution in [0.3, 0.4) is 0 Å². The maximum atomic E-state index is 12.9. The summed E-state index contributed by atoms with van der Waals surface area (Å²) in [5.41, 5.74) is 2.30. The van der Waals surface area contributed by atoms with E-state index >= 15 is 0 Å². The molecule has 29 heavy (non-hydrogen) atoms. The normalized spacial score (nSPS) is 12.1. The van der Waals surface area contributed by atoms with Gasteiger partial charge < -0.3 is 9.30 Å². The summed E-state index contributed by atoms with van der Waals surface area (Å²) in [6.07, 6.45) is -0.360. The number of imidazole rings is 1. The molecule has 4 aromatic rings. The van der Waals surface area contributed by atoms with Crippen molar-refractivity contribution in [3.05, 3.63) is 94.2 Å². The number of carbonyl (C=O) groups excluding carboxylic acids is 1. The van der Waals surface area contributed by atoms with Crippen LogP contribution in [0.2, 0.25) is 10.0 Å². The summed E-state index contributed by atoms with van der Waals surface area (Å²) in [6, 6.07) is 21.8. The Kier molecular flexibility index (Phi) is 5.56. The van der Waals surface area contributed by atoms with E-state index in [4.69, 9.17) is 32.9 Å². The number of benzene rings is 3. The van der Waals surface area contributed by atoms with E-state index in [1.165, 1.54) is 0 Å². The maximum absolute atomic E-state index is 12.9. The fourth-order valence-corrected chi connectivity index (χ4v) is 3.46. The van der Waals surface area contributed by atoms with Crippen LogP contribution in [0.15, 0.2) is 72.8 Å². The van der Waals surface area contributed by atoms with Crippen LogP contribution in [0.4, 0.5) is 0 Å². The number of halogens is 2. The summed E-state index contributed by atoms with van der Waals surface area (Å²) in [5, 5.41) is 1.24. The lowest BCUT2D eigenvalue weighted by Gasteiger charge is -2.16. The molecule has 4 nitrogen and oxygen atoms in total. The molecule has 0 spiro atoms. The molecule has 0 aliphatic rings. The Morgan fingerprint density at radius 3 is 2.28 bits per heavy atom. The summed E-state index contributed by atoms with van der Waals surface area (Å²) < 4.78 is 7.97. The first-order chi connectivity index (χ1) is 14.0. The van der Waals surface area contributed by atoms with E-state index < -0.39 is 0 Å². The first-order valence-electron chi connectivity index (χ1n) is 9.17. The Balaban J connectivity index is 1.67. The Labute approximate surface area is 178 Å². The summed E-state index contributed by atoms with van der Waals surface area (Å²) in [4.78, 5) is 17.6. The van der Waals surface area contributed by atoms with Crippen LogP contribution in [0.5, 0.6) is 5.75 Å². The highest BCUT2D eigenvalue weighted by Gasteiger charge is 2.20. The lowest BCUT2D eigenvalue weighted by atomic mass is 10.1. The molecule has 1 unspecified atom stereocenters. The van der Waals surface area contributed by atoms with Crippen molar-refractivity contribution >= 4 is 40.0 Å². The molecule has 0 bridgehead atoms. The largest absolute Gasteiger partial charge is 0.483 e. The third-order valence-electron chi connectivity index (χ3n) is 4.64. The molecule has 3 aromatic carbocycles. The molecule has 1 heterocycles. The van der Waals surface area contributed by atoms with E-state index in [0.29, 0.717) is 27.2 Å². The number of ether oxygens (including phenoxy) is 1. The zero-order chi connectivity index (χ0) is 20.4. The van der Waals surface area contributed by atoms with Crippen molar-refractivity contribution in [3.8, 4) is 5.75 Å². The van der Waals surface area contributed by atoms with E-state index in [1.54, 1.807) is 36.4 Å². The molecule has 0 N–H and O–H groups in total. The minimum atomic E-state index is -0.360. The van der Waals surface area contributed by atoms with Crippen LogP contribution in [0, 0.1) is 0 Å². The van der Waals surface area contributed by atoms with Crippen LogP contribution < -0.4 is 4.74 Å². The minimum absolute atomic E-state index is 0.0234. The number of ketones is 1. The molecular weight excluding hydrogens is 407 g/mol. The van der Waals surface area contributed by atoms with Crippen molar-refractivity contribution in [2.45, 2.75) is 19.6 Å². The summed E-state index contributed by atoms with van der Waals surface area (Å²) in [7, 11) is 0. The molecule has 6 heteroatoms. The number of nitrogens with zero attached hydrogens (tertiary/aromatic N) is 2. The maximum Gasteiger partial charge on any atom is 0.182 e. The van der Waals surface area contributed by atoms with E-state index in [2.05, 4.69) is 0 Å². The van der Waals surface area contributed by atoms with E-state index in [1.807, 2.05) is 47.9 Å². The van der Waals surface area contributed by atoms with Crippen molar-refractivity contribution in [3.63, 3.8) is 0 Å². The van der Waals surface area contributed by atoms with E-state index in [9.17, 15) is 4.79 Å². The average molecular weight is 425 g/mol. The topological polar surface area (TPSA) is 44.1 Å². The second kappa shape index (κ2) is 8.27. The quantitative estimate of drug-likeness (QED) is 0.338. The highest BCUT2D eigenvalue weighted by molar-refractivity contribution is 6.30. The number of hydrogen-bond acceptors (Lipinski definition) is 3. The lowest BCUT2D eigenvalue weighted by molar-refractivity contribution is 0.0969. The zero-order valence-electron chi connectivity index (χ0n) is 15.7. The number of para-hydroxylation sites is 2. The standard InChI is InChI=1S/C23H18Cl2N2O2/c1-15(29-19-12-10-18(25)11-13-19)23-26-20-4-2-3-5-21(20)27(23)14-22(28)16-6-8-17(24)9-7-16/h2-13,15H,14H2,1H3. The van der Waals surface area contributed by atoms with Crippen LogP contribution in [-0.4, -0.2) is 15.3 Å². The molecule has 0 saturated carbocycles. The molecule has 1 atom stereocenters. The van der Waals surface area contributed by atoms with Gasteiger partial charge in [-0.25, -0.2) is 4.98 Å². The molecule has 4 rings (SSSR count). The van der Waals surface area contributed by atoms with Gasteiger partial charge in [-0.15, -0.1) is 0 Å². The van der Waals surface area contributed by atoms with Crippen LogP contribution in [0.1, 0.15) is 29.2 Å². The van der Waals surface area contributed by atoms with Gasteiger partial charge in [-0.05, 0) is 67.6 Å². The molecule has 146 valence electrons. The van der Waals surface area contributed by atoms with Gasteiger partial charge in [0.15, 0.2) is 17.7 Å². The van der Waals surface area contributed by atoms with Gasteiger partial charge in [0.25, 0.3) is 0 Å². The number of aromatic nitrogens is 2. The van der Waals surface area contributed by atoms with Crippen molar-refractivity contribution in [1.29, 1.82) is 0 Å². The van der Waals surface area contributed by atoms with Crippen LogP contribution in [-0.2, 0) is 6.54 Å². The fraction of sp³-hybridized carbons (Fsp3) is 0.130. The van der Waals surface area contributed by atoms with Gasteiger partial charge in [0, 0.05) is 15.6 Å². The molecule has 0 fully saturated rings. The second-order valence-corrected chi connectivity index (χ2v) is 7.56. The van der Waals surface area contributed by atoms with E-state index in [-0.39, 0.29) is 18.4 Å². The molecule has 0 aliphatic heterocycles. The van der Waals surface area contributed by atoms with Crippen molar-refractivity contribution < 1.29 is 9.53 Å². The van der Waals surface area contributed by atoms with Gasteiger partial charge in [0.2, 0.25) is 0 Å². The fourth-order valence-electron chi connectivity index (χ4n) is 3.21. The SMILES string of the molecule is CC(Oc1ccc(Cl)cc1)c1nc2ccccc2n1CC(=O)c1ccc(Cl)cc1. The van der Waals surface area contributed by atoms with Gasteiger partial charge >= 0.3 is 0 Å². The third-order valence-corrected chi connectivity index (χ3v) is 5.15. The first-order valence-corrected chi connectivity index (χ1v) is 9.93. The number of fused-ring (bicyclic) bond motifs is 1. The monoisotopic (exact) mass is 424 g/mol. The second-order valence-electron chi connectivity index (χ2n) is 6.69. The molecule has 0 radical (unpaired) electrons. The van der Waals surface area contributed by atoms with Crippen LogP contribution >= 0.6 is 23.2 Å². The molecule has 0 saturated heterocycles. The summed E-state index contributed by atoms with van der Waals surface area (Å²) in [6.45, 7) is 2.07. The van der Waals surface area contributed by atoms with Crippen molar-refractivity contribution in [1.82, 2.24) is 9.55 Å². The minimum Gasteiger partial charge on any atom is -0.483 e. The number of hydrogen-bond donors (Lipinski definition) is 0. The Morgan fingerprint density at radius 2 is 1.59 bits per heavy atom. The smallest absolute Gasteiger partial charge is 0.182 e. The predicted molar refractivity (Wildman–Crippen MR) is 116 cm³/mol. The Bertz CT molecular complexity index is 1150. The molecular formula is C23H18Cl2N2O2. The Morgan fingerprint density at radius 1 is 0.966 bits per heavy atom. The third kappa shape index (κ3) is 4.29. The van der Waals surface area contributed by atoms with Crippen molar-refractivity contribution in [2.24, 2.45) is 0 Å². The first kappa shape index (κ1) is 19.5. The lowest BCUT2D eigenvalue weighted by Crippen LogP contribution is -2.17. The van der Waals surface area contributed by atoms with Gasteiger partial charge in [-0.3, -0.25) is 4.79 Å². The van der Waals surface area contributed by atoms with E-state index in [0.717, 1.165) is 11.0 Å². The Hall–Kier alpha value is -2.82. The average Bonchev–Trinajstić information content (AvgIpc) is 3.09. The molecule has 1 aromatic heterocycles. The van der Waals surface area contributed by atoms with Crippen LogP contribution in [0.25, 0.3) is 11.0 Å². The number of rotatable bonds is 6. The van der Waals surface area contributed by atoms with Gasteiger partial charge in [0.05, 0.1) is 17.6 Å². The predicted octanol–water partition coefficient (Wildman–Crippen LogP) is 6.37. The highest BCUT2D eigenvalue weighted by atomic mass is 35.5. The summed E-state index contributed by atoms with van der Waals surface area (Å²) in [5.74, 6) is 1.35. The highest BCUT2D eigenvalue weighted by Crippen LogP contribution is 2.26. The molecule has 0 aliphatic carbocycles. The van der Waals surface area contributed by atoms with Gasteiger partial charge in [-0.1, -0.05) is 35.3 Å². The van der Waals surface area contributed by atoms with Gasteiger partial charge in [-0.2, -0.15) is 0 Å². The number of carbonyl (C=O) groups is 1. The van der Waals surface area contributed by atoms with Crippen molar-refractivity contribution in [2.75, 3.05) is 0 Å². The summed E-state index contributed by atoms with van der Waals surface area (Å²) >= 11 is 11.9. The number of Topliss-reactive ketones (excluding diaryl/α,β-unsaturated/α-hetero) is 1.